The van der Waals surface area contributed by atoms with Crippen LogP contribution in [0.4, 0.5) is 5.82 Å². The van der Waals surface area contributed by atoms with Crippen molar-refractivity contribution in [3.63, 3.8) is 0 Å². The summed E-state index contributed by atoms with van der Waals surface area (Å²) in [5, 5.41) is 23.3. The summed E-state index contributed by atoms with van der Waals surface area (Å²) in [5.41, 5.74) is 3.20. The standard InChI is InChI=1S/C26H29N3O3/c30-17-19-11-13-20(14-12-19)22-16-27-26(29-23(31)15-18-7-3-1-4-8-18)24(28-22)25(32)21-9-5-2-6-10-21/h2,5-6,9-14,16,18,25,30,32H,1,3-4,7-8,15,17H2,(H,27,29,31). The lowest BCUT2D eigenvalue weighted by Crippen LogP contribution is -2.21. The predicted octanol–water partition coefficient (Wildman–Crippen LogP) is 4.63. The first-order chi connectivity index (χ1) is 15.6. The van der Waals surface area contributed by atoms with Crippen LogP contribution in [0.25, 0.3) is 11.3 Å². The molecule has 1 unspecified atom stereocenters. The normalized spacial score (nSPS) is 15.3. The van der Waals surface area contributed by atoms with Gasteiger partial charge >= 0.3 is 0 Å². The number of benzene rings is 2. The van der Waals surface area contributed by atoms with Crippen LogP contribution < -0.4 is 5.32 Å². The Hall–Kier alpha value is -3.09. The van der Waals surface area contributed by atoms with Gasteiger partial charge in [0.15, 0.2) is 5.82 Å². The third kappa shape index (κ3) is 5.39. The number of aliphatic hydroxyl groups excluding tert-OH is 2. The molecule has 0 spiro atoms. The number of nitrogens with zero attached hydrogens (tertiary/aromatic N) is 2. The molecule has 4 rings (SSSR count). The van der Waals surface area contributed by atoms with Crippen LogP contribution in [-0.2, 0) is 11.4 Å². The highest BCUT2D eigenvalue weighted by Crippen LogP contribution is 2.30. The maximum atomic E-state index is 12.7. The number of rotatable bonds is 7. The molecule has 1 aliphatic carbocycles. The van der Waals surface area contributed by atoms with Gasteiger partial charge in [-0.3, -0.25) is 4.79 Å². The molecule has 1 amide bonds. The highest BCUT2D eigenvalue weighted by molar-refractivity contribution is 5.90. The molecule has 166 valence electrons. The number of hydrogen-bond acceptors (Lipinski definition) is 5. The molecule has 6 nitrogen and oxygen atoms in total. The third-order valence-electron chi connectivity index (χ3n) is 6.06. The van der Waals surface area contributed by atoms with Crippen molar-refractivity contribution in [1.29, 1.82) is 0 Å². The van der Waals surface area contributed by atoms with Crippen LogP contribution >= 0.6 is 0 Å². The van der Waals surface area contributed by atoms with E-state index < -0.39 is 6.10 Å². The lowest BCUT2D eigenvalue weighted by molar-refractivity contribution is -0.117. The Kier molecular flexibility index (Phi) is 7.24. The molecule has 3 N–H and O–H groups in total. The Labute approximate surface area is 188 Å². The summed E-state index contributed by atoms with van der Waals surface area (Å²) in [7, 11) is 0. The van der Waals surface area contributed by atoms with E-state index >= 15 is 0 Å². The van der Waals surface area contributed by atoms with Crippen molar-refractivity contribution >= 4 is 11.7 Å². The minimum absolute atomic E-state index is 0.0319. The summed E-state index contributed by atoms with van der Waals surface area (Å²) in [4.78, 5) is 21.9. The van der Waals surface area contributed by atoms with Crippen molar-refractivity contribution in [2.75, 3.05) is 5.32 Å². The summed E-state index contributed by atoms with van der Waals surface area (Å²) >= 11 is 0. The van der Waals surface area contributed by atoms with E-state index in [9.17, 15) is 15.0 Å². The zero-order valence-electron chi connectivity index (χ0n) is 18.1. The van der Waals surface area contributed by atoms with Crippen LogP contribution in [0.2, 0.25) is 0 Å². The maximum Gasteiger partial charge on any atom is 0.225 e. The van der Waals surface area contributed by atoms with Crippen molar-refractivity contribution < 1.29 is 15.0 Å². The van der Waals surface area contributed by atoms with E-state index in [4.69, 9.17) is 0 Å². The molecule has 0 bridgehead atoms. The number of carbonyl (C=O) groups is 1. The van der Waals surface area contributed by atoms with Crippen molar-refractivity contribution in [3.05, 3.63) is 77.6 Å². The maximum absolute atomic E-state index is 12.7. The van der Waals surface area contributed by atoms with Gasteiger partial charge < -0.3 is 15.5 Å². The van der Waals surface area contributed by atoms with E-state index in [0.29, 0.717) is 29.3 Å². The number of carbonyl (C=O) groups excluding carboxylic acids is 1. The largest absolute Gasteiger partial charge is 0.392 e. The van der Waals surface area contributed by atoms with Crippen molar-refractivity contribution in [3.8, 4) is 11.3 Å². The number of aromatic nitrogens is 2. The third-order valence-corrected chi connectivity index (χ3v) is 6.06. The second-order valence-electron chi connectivity index (χ2n) is 8.41. The minimum Gasteiger partial charge on any atom is -0.392 e. The molecule has 1 aliphatic rings. The molecule has 1 aromatic heterocycles. The summed E-state index contributed by atoms with van der Waals surface area (Å²) < 4.78 is 0. The molecule has 32 heavy (non-hydrogen) atoms. The van der Waals surface area contributed by atoms with Gasteiger partial charge in [0.05, 0.1) is 18.5 Å². The molecule has 3 aromatic rings. The van der Waals surface area contributed by atoms with Gasteiger partial charge in [-0.15, -0.1) is 0 Å². The van der Waals surface area contributed by atoms with Crippen LogP contribution in [0.15, 0.2) is 60.8 Å². The highest BCUT2D eigenvalue weighted by atomic mass is 16.3. The van der Waals surface area contributed by atoms with Crippen LogP contribution in [-0.4, -0.2) is 26.1 Å². The van der Waals surface area contributed by atoms with Crippen LogP contribution in [0.5, 0.6) is 0 Å². The van der Waals surface area contributed by atoms with E-state index in [2.05, 4.69) is 15.3 Å². The van der Waals surface area contributed by atoms with Gasteiger partial charge in [0.2, 0.25) is 5.91 Å². The first kappa shape index (κ1) is 22.1. The Bertz CT molecular complexity index is 1030. The molecule has 1 atom stereocenters. The van der Waals surface area contributed by atoms with Gasteiger partial charge in [-0.25, -0.2) is 9.97 Å². The molecular formula is C26H29N3O3. The number of anilines is 1. The first-order valence-corrected chi connectivity index (χ1v) is 11.2. The van der Waals surface area contributed by atoms with Crippen molar-refractivity contribution in [2.24, 2.45) is 5.92 Å². The average molecular weight is 432 g/mol. The Morgan fingerprint density at radius 3 is 2.44 bits per heavy atom. The molecule has 1 heterocycles. The molecule has 1 saturated carbocycles. The molecular weight excluding hydrogens is 402 g/mol. The van der Waals surface area contributed by atoms with Crippen molar-refractivity contribution in [2.45, 2.75) is 51.2 Å². The van der Waals surface area contributed by atoms with Crippen LogP contribution in [0.3, 0.4) is 0 Å². The number of nitrogens with one attached hydrogen (secondary N) is 1. The second-order valence-corrected chi connectivity index (χ2v) is 8.41. The molecule has 0 radical (unpaired) electrons. The van der Waals surface area contributed by atoms with Gasteiger partial charge in [-0.05, 0) is 29.9 Å². The zero-order valence-corrected chi connectivity index (χ0v) is 18.1. The molecule has 0 aliphatic heterocycles. The molecule has 6 heteroatoms. The summed E-state index contributed by atoms with van der Waals surface area (Å²) in [6.07, 6.45) is 6.82. The summed E-state index contributed by atoms with van der Waals surface area (Å²) in [6, 6.07) is 16.6. The molecule has 0 saturated heterocycles. The Balaban J connectivity index is 1.62. The predicted molar refractivity (Wildman–Crippen MR) is 124 cm³/mol. The molecule has 1 fully saturated rings. The second kappa shape index (κ2) is 10.5. The van der Waals surface area contributed by atoms with Gasteiger partial charge in [-0.1, -0.05) is 73.9 Å². The summed E-state index contributed by atoms with van der Waals surface area (Å²) in [6.45, 7) is -0.0319. The fourth-order valence-corrected chi connectivity index (χ4v) is 4.24. The van der Waals surface area contributed by atoms with Gasteiger partial charge in [-0.2, -0.15) is 0 Å². The highest BCUT2D eigenvalue weighted by Gasteiger charge is 2.22. The van der Waals surface area contributed by atoms with Gasteiger partial charge in [0.1, 0.15) is 11.8 Å². The van der Waals surface area contributed by atoms with E-state index in [1.165, 1.54) is 19.3 Å². The summed E-state index contributed by atoms with van der Waals surface area (Å²) in [5.74, 6) is 0.606. The van der Waals surface area contributed by atoms with E-state index in [1.54, 1.807) is 6.20 Å². The van der Waals surface area contributed by atoms with Gasteiger partial charge in [0.25, 0.3) is 0 Å². The monoisotopic (exact) mass is 431 g/mol. The smallest absolute Gasteiger partial charge is 0.225 e. The number of hydrogen-bond donors (Lipinski definition) is 3. The van der Waals surface area contributed by atoms with E-state index in [1.807, 2.05) is 54.6 Å². The number of aliphatic hydroxyl groups is 2. The van der Waals surface area contributed by atoms with E-state index in [0.717, 1.165) is 24.0 Å². The quantitative estimate of drug-likeness (QED) is 0.507. The average Bonchev–Trinajstić information content (AvgIpc) is 2.85. The van der Waals surface area contributed by atoms with Crippen LogP contribution in [0.1, 0.15) is 61.4 Å². The molecule has 2 aromatic carbocycles. The minimum atomic E-state index is -1.02. The number of amides is 1. The lowest BCUT2D eigenvalue weighted by Gasteiger charge is -2.21. The lowest BCUT2D eigenvalue weighted by atomic mass is 9.87. The van der Waals surface area contributed by atoms with Crippen LogP contribution in [0, 0.1) is 5.92 Å². The van der Waals surface area contributed by atoms with E-state index in [-0.39, 0.29) is 18.3 Å². The topological polar surface area (TPSA) is 95.3 Å². The fraction of sp³-hybridized carbons (Fsp3) is 0.346. The fourth-order valence-electron chi connectivity index (χ4n) is 4.24. The SMILES string of the molecule is O=C(CC1CCCCC1)Nc1ncc(-c2ccc(CO)cc2)nc1C(O)c1ccccc1. The van der Waals surface area contributed by atoms with Crippen molar-refractivity contribution in [1.82, 2.24) is 9.97 Å². The first-order valence-electron chi connectivity index (χ1n) is 11.2. The van der Waals surface area contributed by atoms with Gasteiger partial charge in [0, 0.05) is 12.0 Å². The zero-order chi connectivity index (χ0) is 22.3. The Morgan fingerprint density at radius 2 is 1.75 bits per heavy atom. The Morgan fingerprint density at radius 1 is 1.03 bits per heavy atom.